The summed E-state index contributed by atoms with van der Waals surface area (Å²) in [5.74, 6) is -0.601. The summed E-state index contributed by atoms with van der Waals surface area (Å²) >= 11 is 4.42. The van der Waals surface area contributed by atoms with Gasteiger partial charge in [-0.2, -0.15) is 0 Å². The van der Waals surface area contributed by atoms with Gasteiger partial charge in [-0.25, -0.2) is 13.8 Å². The zero-order valence-corrected chi connectivity index (χ0v) is 11.4. The first-order valence-electron chi connectivity index (χ1n) is 4.77. The maximum Gasteiger partial charge on any atom is 0.274 e. The molecule has 1 aromatic heterocycles. The summed E-state index contributed by atoms with van der Waals surface area (Å²) < 4.78 is 25.1. The molecular weight excluding hydrogens is 318 g/mol. The summed E-state index contributed by atoms with van der Waals surface area (Å²) in [4.78, 5) is 16.8. The number of halogens is 3. The van der Waals surface area contributed by atoms with Crippen LogP contribution in [-0.4, -0.2) is 47.0 Å². The van der Waals surface area contributed by atoms with E-state index in [1.54, 1.807) is 6.92 Å². The van der Waals surface area contributed by atoms with Crippen molar-refractivity contribution < 1.29 is 18.7 Å². The number of hydrogen-bond acceptors (Lipinski definition) is 4. The highest BCUT2D eigenvalue weighted by Crippen LogP contribution is 2.25. The second-order valence-corrected chi connectivity index (χ2v) is 5.74. The number of aryl methyl sites for hydroxylation is 1. The average Bonchev–Trinajstić information content (AvgIpc) is 2.55. The minimum absolute atomic E-state index is 0.113. The van der Waals surface area contributed by atoms with Crippen molar-refractivity contribution >= 4 is 33.2 Å². The summed E-state index contributed by atoms with van der Waals surface area (Å²) in [6, 6.07) is 0. The number of aliphatic hydroxyl groups excluding tert-OH is 1. The largest absolute Gasteiger partial charge is 0.395 e. The van der Waals surface area contributed by atoms with Gasteiger partial charge in [-0.1, -0.05) is 0 Å². The third-order valence-corrected chi connectivity index (χ3v) is 3.53. The molecule has 1 aromatic rings. The molecule has 0 aliphatic heterocycles. The maximum atomic E-state index is 12.3. The molecule has 0 unspecified atom stereocenters. The van der Waals surface area contributed by atoms with Crippen molar-refractivity contribution in [3.8, 4) is 0 Å². The Morgan fingerprint density at radius 1 is 1.65 bits per heavy atom. The van der Waals surface area contributed by atoms with Crippen LogP contribution in [0.2, 0.25) is 0 Å². The number of amides is 1. The highest BCUT2D eigenvalue weighted by atomic mass is 79.9. The van der Waals surface area contributed by atoms with Gasteiger partial charge in [-0.15, -0.1) is 11.3 Å². The lowest BCUT2D eigenvalue weighted by Gasteiger charge is -2.20. The molecule has 0 aromatic carbocycles. The molecule has 1 heterocycles. The minimum atomic E-state index is -2.64. The van der Waals surface area contributed by atoms with E-state index in [0.29, 0.717) is 8.79 Å². The van der Waals surface area contributed by atoms with Gasteiger partial charge >= 0.3 is 0 Å². The number of hydrogen-bond donors (Lipinski definition) is 1. The molecule has 0 radical (unpaired) electrons. The van der Waals surface area contributed by atoms with Gasteiger partial charge < -0.3 is 10.0 Å². The van der Waals surface area contributed by atoms with Crippen LogP contribution in [0.25, 0.3) is 0 Å². The van der Waals surface area contributed by atoms with Crippen LogP contribution in [0.4, 0.5) is 8.78 Å². The molecule has 0 spiro atoms. The number of thiazole rings is 1. The van der Waals surface area contributed by atoms with Gasteiger partial charge in [0.05, 0.1) is 18.2 Å². The van der Waals surface area contributed by atoms with Crippen molar-refractivity contribution in [3.63, 3.8) is 0 Å². The van der Waals surface area contributed by atoms with Crippen molar-refractivity contribution in [2.24, 2.45) is 0 Å². The number of nitrogens with zero attached hydrogens (tertiary/aromatic N) is 2. The number of carbonyl (C=O) groups is 1. The van der Waals surface area contributed by atoms with E-state index < -0.39 is 18.9 Å². The number of aliphatic hydroxyl groups is 1. The Morgan fingerprint density at radius 2 is 2.29 bits per heavy atom. The first-order chi connectivity index (χ1) is 7.95. The van der Waals surface area contributed by atoms with E-state index in [1.807, 2.05) is 0 Å². The van der Waals surface area contributed by atoms with Crippen molar-refractivity contribution in [3.05, 3.63) is 14.5 Å². The van der Waals surface area contributed by atoms with Gasteiger partial charge in [0, 0.05) is 6.54 Å². The van der Waals surface area contributed by atoms with Crippen LogP contribution < -0.4 is 0 Å². The molecule has 1 amide bonds. The van der Waals surface area contributed by atoms with Gasteiger partial charge in [-0.3, -0.25) is 4.79 Å². The van der Waals surface area contributed by atoms with E-state index in [4.69, 9.17) is 5.11 Å². The molecule has 17 heavy (non-hydrogen) atoms. The Balaban J connectivity index is 2.87. The minimum Gasteiger partial charge on any atom is -0.395 e. The Bertz CT molecular complexity index is 400. The molecule has 1 N–H and O–H groups in total. The summed E-state index contributed by atoms with van der Waals surface area (Å²) in [5.41, 5.74) is 0.113. The first-order valence-corrected chi connectivity index (χ1v) is 6.38. The number of aromatic nitrogens is 1. The molecule has 96 valence electrons. The van der Waals surface area contributed by atoms with Gasteiger partial charge in [0.25, 0.3) is 12.3 Å². The zero-order valence-electron chi connectivity index (χ0n) is 8.99. The van der Waals surface area contributed by atoms with E-state index in [0.717, 1.165) is 4.90 Å². The molecular formula is C9H11BrF2N2O2S. The number of carbonyl (C=O) groups excluding carboxylic acids is 1. The predicted octanol–water partition coefficient (Wildman–Crippen LogP) is 1.91. The van der Waals surface area contributed by atoms with Crippen LogP contribution in [-0.2, 0) is 0 Å². The van der Waals surface area contributed by atoms with E-state index in [2.05, 4.69) is 20.9 Å². The van der Waals surface area contributed by atoms with Crippen molar-refractivity contribution in [1.29, 1.82) is 0 Å². The molecule has 0 aliphatic carbocycles. The van der Waals surface area contributed by atoms with Gasteiger partial charge in [0.15, 0.2) is 5.69 Å². The lowest BCUT2D eigenvalue weighted by Crippen LogP contribution is -2.37. The van der Waals surface area contributed by atoms with Gasteiger partial charge in [0.1, 0.15) is 3.79 Å². The fraction of sp³-hybridized carbons (Fsp3) is 0.556. The van der Waals surface area contributed by atoms with Crippen LogP contribution >= 0.6 is 27.3 Å². The second-order valence-electron chi connectivity index (χ2n) is 3.22. The van der Waals surface area contributed by atoms with Gasteiger partial charge in [-0.05, 0) is 22.9 Å². The third kappa shape index (κ3) is 3.97. The van der Waals surface area contributed by atoms with Crippen LogP contribution in [0.15, 0.2) is 3.79 Å². The molecule has 0 aliphatic rings. The molecule has 8 heteroatoms. The van der Waals surface area contributed by atoms with Gasteiger partial charge in [0.2, 0.25) is 0 Å². The smallest absolute Gasteiger partial charge is 0.274 e. The Labute approximate surface area is 109 Å². The lowest BCUT2D eigenvalue weighted by atomic mass is 10.3. The monoisotopic (exact) mass is 328 g/mol. The van der Waals surface area contributed by atoms with Crippen LogP contribution in [0, 0.1) is 6.92 Å². The zero-order chi connectivity index (χ0) is 13.0. The fourth-order valence-corrected chi connectivity index (χ4v) is 2.83. The molecule has 0 bridgehead atoms. The summed E-state index contributed by atoms with van der Waals surface area (Å²) in [6.07, 6.45) is -2.64. The second kappa shape index (κ2) is 6.36. The Morgan fingerprint density at radius 3 is 2.71 bits per heavy atom. The molecule has 4 nitrogen and oxygen atoms in total. The standard InChI is InChI=1S/C9H11BrF2N2O2S/c1-5-13-7(8(10)17-5)9(16)14(2-3-15)4-6(11)12/h6,15H,2-4H2,1H3. The van der Waals surface area contributed by atoms with E-state index in [-0.39, 0.29) is 18.8 Å². The van der Waals surface area contributed by atoms with E-state index >= 15 is 0 Å². The first kappa shape index (κ1) is 14.5. The van der Waals surface area contributed by atoms with Crippen LogP contribution in [0.1, 0.15) is 15.5 Å². The molecule has 0 saturated heterocycles. The maximum absolute atomic E-state index is 12.3. The van der Waals surface area contributed by atoms with Crippen LogP contribution in [0.5, 0.6) is 0 Å². The summed E-state index contributed by atoms with van der Waals surface area (Å²) in [5, 5.41) is 9.42. The van der Waals surface area contributed by atoms with Crippen molar-refractivity contribution in [1.82, 2.24) is 9.88 Å². The molecule has 0 atom stereocenters. The molecule has 0 saturated carbocycles. The number of alkyl halides is 2. The average molecular weight is 329 g/mol. The fourth-order valence-electron chi connectivity index (χ4n) is 1.25. The predicted molar refractivity (Wildman–Crippen MR) is 63.5 cm³/mol. The van der Waals surface area contributed by atoms with E-state index in [9.17, 15) is 13.6 Å². The molecule has 1 rings (SSSR count). The Kier molecular flexibility index (Phi) is 5.41. The molecule has 0 fully saturated rings. The number of rotatable bonds is 5. The summed E-state index contributed by atoms with van der Waals surface area (Å²) in [7, 11) is 0. The van der Waals surface area contributed by atoms with Crippen molar-refractivity contribution in [2.45, 2.75) is 13.3 Å². The van der Waals surface area contributed by atoms with E-state index in [1.165, 1.54) is 11.3 Å². The lowest BCUT2D eigenvalue weighted by molar-refractivity contribution is 0.0504. The third-order valence-electron chi connectivity index (χ3n) is 1.91. The summed E-state index contributed by atoms with van der Waals surface area (Å²) in [6.45, 7) is 0.517. The highest BCUT2D eigenvalue weighted by molar-refractivity contribution is 9.11. The quantitative estimate of drug-likeness (QED) is 0.898. The highest BCUT2D eigenvalue weighted by Gasteiger charge is 2.23. The van der Waals surface area contributed by atoms with Crippen molar-refractivity contribution in [2.75, 3.05) is 19.7 Å². The van der Waals surface area contributed by atoms with Crippen LogP contribution in [0.3, 0.4) is 0 Å². The Hall–Kier alpha value is -0.600. The topological polar surface area (TPSA) is 53.4 Å². The SMILES string of the molecule is Cc1nc(C(=O)N(CCO)CC(F)F)c(Br)s1. The normalized spacial score (nSPS) is 10.9.